The molecule has 0 N–H and O–H groups in total. The second-order valence-electron chi connectivity index (χ2n) is 5.46. The fourth-order valence-electron chi connectivity index (χ4n) is 2.57. The van der Waals surface area contributed by atoms with Gasteiger partial charge < -0.3 is 0 Å². The van der Waals surface area contributed by atoms with E-state index in [1.54, 1.807) is 18.2 Å². The predicted octanol–water partition coefficient (Wildman–Crippen LogP) is 2.30. The van der Waals surface area contributed by atoms with Gasteiger partial charge >= 0.3 is 0 Å². The molecule has 8 heteroatoms. The summed E-state index contributed by atoms with van der Waals surface area (Å²) >= 11 is 0. The fraction of sp³-hybridized carbons (Fsp3) is 0.0588. The summed E-state index contributed by atoms with van der Waals surface area (Å²) in [6, 6.07) is 11.7. The average Bonchev–Trinajstić information content (AvgIpc) is 3.02. The molecule has 0 fully saturated rings. The molecule has 0 bridgehead atoms. The Hall–Kier alpha value is -3.42. The fourth-order valence-corrected chi connectivity index (χ4v) is 2.57. The van der Waals surface area contributed by atoms with Crippen molar-refractivity contribution in [1.82, 2.24) is 24.5 Å². The van der Waals surface area contributed by atoms with Crippen LogP contribution in [0.3, 0.4) is 0 Å². The van der Waals surface area contributed by atoms with Crippen LogP contribution in [0.15, 0.2) is 59.7 Å². The first-order valence-corrected chi connectivity index (χ1v) is 7.43. The second-order valence-corrected chi connectivity index (χ2v) is 5.46. The van der Waals surface area contributed by atoms with Gasteiger partial charge in [0.05, 0.1) is 12.2 Å². The van der Waals surface area contributed by atoms with E-state index in [-0.39, 0.29) is 23.5 Å². The summed E-state index contributed by atoms with van der Waals surface area (Å²) in [4.78, 5) is 16.8. The maximum absolute atomic E-state index is 13.4. The molecular weight excluding hydrogens is 328 g/mol. The van der Waals surface area contributed by atoms with E-state index in [0.717, 1.165) is 0 Å². The Labute approximate surface area is 140 Å². The summed E-state index contributed by atoms with van der Waals surface area (Å²) < 4.78 is 29.3. The standard InChI is InChI=1S/C17H11F2N5O/c18-12-4-1-3-11(7-12)9-23-10-20-16-15(17(23)25)21-22-24(16)14-6-2-5-13(19)8-14/h1-8,10H,9H2. The second kappa shape index (κ2) is 5.90. The van der Waals surface area contributed by atoms with E-state index >= 15 is 0 Å². The van der Waals surface area contributed by atoms with Crippen molar-refractivity contribution >= 4 is 11.2 Å². The van der Waals surface area contributed by atoms with Crippen molar-refractivity contribution in [3.05, 3.63) is 82.4 Å². The molecule has 0 radical (unpaired) electrons. The van der Waals surface area contributed by atoms with Crippen LogP contribution >= 0.6 is 0 Å². The van der Waals surface area contributed by atoms with Gasteiger partial charge in [0, 0.05) is 0 Å². The van der Waals surface area contributed by atoms with E-state index in [2.05, 4.69) is 15.3 Å². The molecule has 6 nitrogen and oxygen atoms in total. The molecule has 0 saturated heterocycles. The van der Waals surface area contributed by atoms with Crippen molar-refractivity contribution in [3.63, 3.8) is 0 Å². The highest BCUT2D eigenvalue weighted by molar-refractivity contribution is 5.70. The summed E-state index contributed by atoms with van der Waals surface area (Å²) in [5.74, 6) is -0.808. The van der Waals surface area contributed by atoms with Crippen LogP contribution in [-0.2, 0) is 6.54 Å². The normalized spacial score (nSPS) is 11.1. The number of nitrogens with zero attached hydrogens (tertiary/aromatic N) is 5. The number of hydrogen-bond donors (Lipinski definition) is 0. The van der Waals surface area contributed by atoms with Crippen LogP contribution in [0.25, 0.3) is 16.9 Å². The van der Waals surface area contributed by atoms with Gasteiger partial charge in [0.15, 0.2) is 11.2 Å². The van der Waals surface area contributed by atoms with Gasteiger partial charge in [0.2, 0.25) is 0 Å². The van der Waals surface area contributed by atoms with E-state index in [4.69, 9.17) is 0 Å². The molecule has 124 valence electrons. The molecule has 0 aliphatic rings. The Bertz CT molecular complexity index is 1140. The van der Waals surface area contributed by atoms with Gasteiger partial charge in [-0.2, -0.15) is 4.68 Å². The maximum Gasteiger partial charge on any atom is 0.283 e. The lowest BCUT2D eigenvalue weighted by molar-refractivity contribution is 0.622. The Morgan fingerprint density at radius 2 is 1.76 bits per heavy atom. The molecule has 2 aromatic heterocycles. The molecule has 0 atom stereocenters. The monoisotopic (exact) mass is 339 g/mol. The topological polar surface area (TPSA) is 65.6 Å². The SMILES string of the molecule is O=c1c2nnn(-c3cccc(F)c3)c2ncn1Cc1cccc(F)c1. The van der Waals surface area contributed by atoms with Gasteiger partial charge in [-0.3, -0.25) is 9.36 Å². The quantitative estimate of drug-likeness (QED) is 0.574. The molecular formula is C17H11F2N5O. The first kappa shape index (κ1) is 15.1. The Balaban J connectivity index is 1.78. The highest BCUT2D eigenvalue weighted by Gasteiger charge is 2.14. The van der Waals surface area contributed by atoms with E-state index in [1.807, 2.05) is 0 Å². The van der Waals surface area contributed by atoms with E-state index in [9.17, 15) is 13.6 Å². The summed E-state index contributed by atoms with van der Waals surface area (Å²) in [5, 5.41) is 7.76. The Morgan fingerprint density at radius 3 is 2.52 bits per heavy atom. The summed E-state index contributed by atoms with van der Waals surface area (Å²) in [5.41, 5.74) is 0.921. The van der Waals surface area contributed by atoms with Gasteiger partial charge in [-0.1, -0.05) is 23.4 Å². The molecule has 4 rings (SSSR count). The molecule has 4 aromatic rings. The first-order chi connectivity index (χ1) is 12.1. The largest absolute Gasteiger partial charge is 0.293 e. The van der Waals surface area contributed by atoms with Crippen LogP contribution in [0.1, 0.15) is 5.56 Å². The van der Waals surface area contributed by atoms with E-state index in [0.29, 0.717) is 11.3 Å². The molecule has 2 heterocycles. The summed E-state index contributed by atoms with van der Waals surface area (Å²) in [6.07, 6.45) is 1.34. The van der Waals surface area contributed by atoms with Crippen LogP contribution < -0.4 is 5.56 Å². The average molecular weight is 339 g/mol. The van der Waals surface area contributed by atoms with Crippen LogP contribution in [0.2, 0.25) is 0 Å². The van der Waals surface area contributed by atoms with Crippen LogP contribution in [0.4, 0.5) is 8.78 Å². The minimum absolute atomic E-state index is 0.0585. The predicted molar refractivity (Wildman–Crippen MR) is 86.4 cm³/mol. The third-order valence-corrected chi connectivity index (χ3v) is 3.72. The van der Waals surface area contributed by atoms with Gasteiger partial charge in [-0.15, -0.1) is 5.10 Å². The Kier molecular flexibility index (Phi) is 3.57. The molecule has 0 saturated carbocycles. The highest BCUT2D eigenvalue weighted by Crippen LogP contribution is 2.13. The molecule has 0 aliphatic carbocycles. The zero-order chi connectivity index (χ0) is 17.4. The molecule has 2 aromatic carbocycles. The maximum atomic E-state index is 13.4. The molecule has 0 unspecified atom stereocenters. The van der Waals surface area contributed by atoms with Gasteiger partial charge in [-0.05, 0) is 35.9 Å². The van der Waals surface area contributed by atoms with Crippen LogP contribution in [0.5, 0.6) is 0 Å². The van der Waals surface area contributed by atoms with E-state index in [1.165, 1.54) is 45.9 Å². The third-order valence-electron chi connectivity index (χ3n) is 3.72. The van der Waals surface area contributed by atoms with Crippen molar-refractivity contribution in [2.24, 2.45) is 0 Å². The number of rotatable bonds is 3. The van der Waals surface area contributed by atoms with Gasteiger partial charge in [0.25, 0.3) is 5.56 Å². The highest BCUT2D eigenvalue weighted by atomic mass is 19.1. The number of fused-ring (bicyclic) bond motifs is 1. The lowest BCUT2D eigenvalue weighted by Crippen LogP contribution is -2.21. The van der Waals surface area contributed by atoms with E-state index < -0.39 is 11.4 Å². The summed E-state index contributed by atoms with van der Waals surface area (Å²) in [7, 11) is 0. The van der Waals surface area contributed by atoms with Crippen molar-refractivity contribution in [1.29, 1.82) is 0 Å². The van der Waals surface area contributed by atoms with Crippen molar-refractivity contribution in [2.75, 3.05) is 0 Å². The van der Waals surface area contributed by atoms with Gasteiger partial charge in [0.1, 0.15) is 18.0 Å². The molecule has 0 spiro atoms. The number of aromatic nitrogens is 5. The smallest absolute Gasteiger partial charge is 0.283 e. The van der Waals surface area contributed by atoms with Crippen molar-refractivity contribution < 1.29 is 8.78 Å². The number of benzene rings is 2. The molecule has 0 aliphatic heterocycles. The zero-order valence-corrected chi connectivity index (χ0v) is 12.8. The Morgan fingerprint density at radius 1 is 1.00 bits per heavy atom. The number of halogens is 2. The number of hydrogen-bond acceptors (Lipinski definition) is 4. The zero-order valence-electron chi connectivity index (χ0n) is 12.8. The first-order valence-electron chi connectivity index (χ1n) is 7.43. The van der Waals surface area contributed by atoms with Gasteiger partial charge in [-0.25, -0.2) is 13.8 Å². The molecule has 0 amide bonds. The van der Waals surface area contributed by atoms with Crippen LogP contribution in [-0.4, -0.2) is 24.5 Å². The lowest BCUT2D eigenvalue weighted by atomic mass is 10.2. The van der Waals surface area contributed by atoms with Crippen molar-refractivity contribution in [2.45, 2.75) is 6.54 Å². The third kappa shape index (κ3) is 2.78. The van der Waals surface area contributed by atoms with Crippen LogP contribution in [0, 0.1) is 11.6 Å². The minimum Gasteiger partial charge on any atom is -0.293 e. The minimum atomic E-state index is -0.430. The molecule has 25 heavy (non-hydrogen) atoms. The van der Waals surface area contributed by atoms with Crippen molar-refractivity contribution in [3.8, 4) is 5.69 Å². The summed E-state index contributed by atoms with van der Waals surface area (Å²) in [6.45, 7) is 0.159. The lowest BCUT2D eigenvalue weighted by Gasteiger charge is -2.06.